The van der Waals surface area contributed by atoms with Crippen LogP contribution in [0.1, 0.15) is 34.7 Å². The number of amides is 1. The van der Waals surface area contributed by atoms with Gasteiger partial charge in [0.15, 0.2) is 0 Å². The Bertz CT molecular complexity index is 989. The molecule has 1 aliphatic rings. The largest absolute Gasteiger partial charge is 0.347 e. The molecule has 0 saturated heterocycles. The normalized spacial score (nSPS) is 13.3. The van der Waals surface area contributed by atoms with Crippen molar-refractivity contribution in [2.75, 3.05) is 19.0 Å². The van der Waals surface area contributed by atoms with E-state index in [-0.39, 0.29) is 5.91 Å². The molecular weight excluding hydrogens is 366 g/mol. The van der Waals surface area contributed by atoms with Gasteiger partial charge in [-0.3, -0.25) is 14.8 Å². The lowest BCUT2D eigenvalue weighted by Crippen LogP contribution is -2.26. The fraction of sp³-hybridized carbons (Fsp3) is 0.381. The molecule has 1 saturated carbocycles. The lowest BCUT2D eigenvalue weighted by Gasteiger charge is -2.09. The van der Waals surface area contributed by atoms with Gasteiger partial charge in [-0.1, -0.05) is 0 Å². The van der Waals surface area contributed by atoms with Crippen LogP contribution < -0.4 is 10.2 Å². The number of hydrogen-bond donors (Lipinski definition) is 1. The summed E-state index contributed by atoms with van der Waals surface area (Å²) < 4.78 is 2.04. The Morgan fingerprint density at radius 1 is 1.10 bits per heavy atom. The number of nitrogens with one attached hydrogen (secondary N) is 1. The Balaban J connectivity index is 1.54. The van der Waals surface area contributed by atoms with E-state index in [0.29, 0.717) is 24.1 Å². The van der Waals surface area contributed by atoms with E-state index in [1.54, 1.807) is 24.8 Å². The summed E-state index contributed by atoms with van der Waals surface area (Å²) in [5.74, 6) is 1.19. The molecule has 0 aromatic carbocycles. The van der Waals surface area contributed by atoms with Gasteiger partial charge in [0.2, 0.25) is 5.95 Å². The van der Waals surface area contributed by atoms with E-state index in [2.05, 4.69) is 25.3 Å². The Hall–Kier alpha value is -3.29. The molecule has 0 radical (unpaired) electrons. The first-order chi connectivity index (χ1) is 14.0. The molecule has 3 heterocycles. The zero-order valence-electron chi connectivity index (χ0n) is 17.0. The number of anilines is 1. The second-order valence-corrected chi connectivity index (χ2v) is 7.71. The first kappa shape index (κ1) is 19.0. The second kappa shape index (κ2) is 7.98. The van der Waals surface area contributed by atoms with Crippen molar-refractivity contribution in [1.29, 1.82) is 0 Å². The smallest absolute Gasteiger partial charge is 0.268 e. The van der Waals surface area contributed by atoms with Crippen LogP contribution in [0.5, 0.6) is 0 Å². The second-order valence-electron chi connectivity index (χ2n) is 7.71. The Morgan fingerprint density at radius 3 is 2.48 bits per heavy atom. The molecule has 0 aliphatic heterocycles. The molecule has 1 amide bonds. The van der Waals surface area contributed by atoms with Gasteiger partial charge in [0.25, 0.3) is 5.91 Å². The highest BCUT2D eigenvalue weighted by atomic mass is 16.1. The maximum atomic E-state index is 12.9. The summed E-state index contributed by atoms with van der Waals surface area (Å²) in [6, 6.07) is 1.91. The maximum Gasteiger partial charge on any atom is 0.268 e. The molecule has 1 fully saturated rings. The van der Waals surface area contributed by atoms with Crippen molar-refractivity contribution in [3.63, 3.8) is 0 Å². The molecule has 3 aromatic heterocycles. The van der Waals surface area contributed by atoms with Gasteiger partial charge >= 0.3 is 0 Å². The van der Waals surface area contributed by atoms with Crippen molar-refractivity contribution < 1.29 is 4.79 Å². The van der Waals surface area contributed by atoms with Gasteiger partial charge in [-0.25, -0.2) is 9.97 Å². The highest BCUT2D eigenvalue weighted by Crippen LogP contribution is 2.32. The summed E-state index contributed by atoms with van der Waals surface area (Å²) >= 11 is 0. The Kier molecular flexibility index (Phi) is 5.24. The lowest BCUT2D eigenvalue weighted by atomic mass is 10.2. The number of carbonyl (C=O) groups excluding carboxylic acids is 1. The third-order valence-corrected chi connectivity index (χ3v) is 4.92. The zero-order valence-corrected chi connectivity index (χ0v) is 17.0. The van der Waals surface area contributed by atoms with Crippen molar-refractivity contribution >= 4 is 11.9 Å². The quantitative estimate of drug-likeness (QED) is 0.665. The van der Waals surface area contributed by atoms with E-state index in [0.717, 1.165) is 29.1 Å². The van der Waals surface area contributed by atoms with Crippen molar-refractivity contribution in [1.82, 2.24) is 29.8 Å². The standard InChI is InChI=1S/C21H25N7O/c1-14-7-23-18(10-22-14)11-24-20(29)19-6-16(13-28(19)12-15-4-5-15)17-8-25-21(26-9-17)27(2)3/h6-10,13,15H,4-5,11-12H2,1-3H3,(H,24,29). The fourth-order valence-corrected chi connectivity index (χ4v) is 3.06. The van der Waals surface area contributed by atoms with E-state index in [9.17, 15) is 4.79 Å². The summed E-state index contributed by atoms with van der Waals surface area (Å²) in [6.45, 7) is 3.08. The maximum absolute atomic E-state index is 12.9. The molecular formula is C21H25N7O. The van der Waals surface area contributed by atoms with Crippen LogP contribution in [0.3, 0.4) is 0 Å². The third-order valence-electron chi connectivity index (χ3n) is 4.92. The Labute approximate surface area is 170 Å². The van der Waals surface area contributed by atoms with Crippen LogP contribution in [0, 0.1) is 12.8 Å². The molecule has 0 bridgehead atoms. The summed E-state index contributed by atoms with van der Waals surface area (Å²) in [4.78, 5) is 32.0. The minimum Gasteiger partial charge on any atom is -0.347 e. The average Bonchev–Trinajstić information content (AvgIpc) is 3.44. The first-order valence-corrected chi connectivity index (χ1v) is 9.75. The predicted molar refractivity (Wildman–Crippen MR) is 110 cm³/mol. The SMILES string of the molecule is Cc1cnc(CNC(=O)c2cc(-c3cnc(N(C)C)nc3)cn2CC2CC2)cn1. The zero-order chi connectivity index (χ0) is 20.4. The predicted octanol–water partition coefficient (Wildman–Crippen LogP) is 2.45. The summed E-state index contributed by atoms with van der Waals surface area (Å²) in [6.07, 6.45) is 11.4. The number of carbonyl (C=O) groups is 1. The van der Waals surface area contributed by atoms with Crippen molar-refractivity contribution in [2.24, 2.45) is 5.92 Å². The number of aromatic nitrogens is 5. The van der Waals surface area contributed by atoms with E-state index in [4.69, 9.17) is 0 Å². The van der Waals surface area contributed by atoms with Gasteiger partial charge in [-0.05, 0) is 31.7 Å². The van der Waals surface area contributed by atoms with E-state index in [1.807, 2.05) is 42.7 Å². The number of rotatable bonds is 7. The number of hydrogen-bond acceptors (Lipinski definition) is 6. The third kappa shape index (κ3) is 4.59. The van der Waals surface area contributed by atoms with Gasteiger partial charge in [0.1, 0.15) is 5.69 Å². The number of nitrogens with zero attached hydrogens (tertiary/aromatic N) is 6. The van der Waals surface area contributed by atoms with E-state index in [1.165, 1.54) is 12.8 Å². The molecule has 8 nitrogen and oxygen atoms in total. The number of aryl methyl sites for hydroxylation is 1. The van der Waals surface area contributed by atoms with Crippen LogP contribution in [0.2, 0.25) is 0 Å². The summed E-state index contributed by atoms with van der Waals surface area (Å²) in [5.41, 5.74) is 4.06. The van der Waals surface area contributed by atoms with Crippen LogP contribution in [-0.2, 0) is 13.1 Å². The van der Waals surface area contributed by atoms with Crippen molar-refractivity contribution in [3.8, 4) is 11.1 Å². The average molecular weight is 391 g/mol. The fourth-order valence-electron chi connectivity index (χ4n) is 3.06. The van der Waals surface area contributed by atoms with Gasteiger partial charge in [-0.15, -0.1) is 0 Å². The monoisotopic (exact) mass is 391 g/mol. The molecule has 29 heavy (non-hydrogen) atoms. The topological polar surface area (TPSA) is 88.8 Å². The van der Waals surface area contributed by atoms with Crippen molar-refractivity contribution in [3.05, 3.63) is 54.1 Å². The van der Waals surface area contributed by atoms with Crippen LogP contribution >= 0.6 is 0 Å². The van der Waals surface area contributed by atoms with Crippen LogP contribution in [0.4, 0.5) is 5.95 Å². The summed E-state index contributed by atoms with van der Waals surface area (Å²) in [7, 11) is 3.81. The minimum atomic E-state index is -0.120. The van der Waals surface area contributed by atoms with Gasteiger partial charge in [-0.2, -0.15) is 0 Å². The lowest BCUT2D eigenvalue weighted by molar-refractivity contribution is 0.0940. The molecule has 0 spiro atoms. The first-order valence-electron chi connectivity index (χ1n) is 9.75. The van der Waals surface area contributed by atoms with E-state index < -0.39 is 0 Å². The molecule has 1 aliphatic carbocycles. The van der Waals surface area contributed by atoms with Crippen molar-refractivity contribution in [2.45, 2.75) is 32.9 Å². The van der Waals surface area contributed by atoms with Crippen LogP contribution in [0.15, 0.2) is 37.1 Å². The van der Waals surface area contributed by atoms with Gasteiger partial charge in [0, 0.05) is 56.6 Å². The minimum absolute atomic E-state index is 0.120. The molecule has 1 N–H and O–H groups in total. The molecule has 150 valence electrons. The highest BCUT2D eigenvalue weighted by molar-refractivity contribution is 5.94. The molecule has 8 heteroatoms. The van der Waals surface area contributed by atoms with E-state index >= 15 is 0 Å². The van der Waals surface area contributed by atoms with Crippen LogP contribution in [-0.4, -0.2) is 44.5 Å². The highest BCUT2D eigenvalue weighted by Gasteiger charge is 2.24. The molecule has 4 rings (SSSR count). The molecule has 0 atom stereocenters. The van der Waals surface area contributed by atoms with Gasteiger partial charge in [0.05, 0.1) is 24.1 Å². The van der Waals surface area contributed by atoms with Crippen LogP contribution in [0.25, 0.3) is 11.1 Å². The molecule has 0 unspecified atom stereocenters. The van der Waals surface area contributed by atoms with Gasteiger partial charge < -0.3 is 14.8 Å². The Morgan fingerprint density at radius 2 is 1.86 bits per heavy atom. The molecule has 3 aromatic rings. The summed E-state index contributed by atoms with van der Waals surface area (Å²) in [5, 5.41) is 2.96.